The van der Waals surface area contributed by atoms with Crippen LogP contribution in [0.15, 0.2) is 24.3 Å². The van der Waals surface area contributed by atoms with E-state index in [1.54, 1.807) is 42.7 Å². The van der Waals surface area contributed by atoms with E-state index in [9.17, 15) is 9.90 Å². The minimum Gasteiger partial charge on any atom is -0.493 e. The minimum atomic E-state index is -0.857. The molecule has 0 aromatic heterocycles. The molecule has 1 atom stereocenters. The van der Waals surface area contributed by atoms with Gasteiger partial charge in [0.05, 0.1) is 48.7 Å². The summed E-state index contributed by atoms with van der Waals surface area (Å²) in [4.78, 5) is 14.2. The van der Waals surface area contributed by atoms with Gasteiger partial charge in [-0.3, -0.25) is 9.69 Å². The van der Waals surface area contributed by atoms with Gasteiger partial charge in [-0.1, -0.05) is 6.42 Å². The van der Waals surface area contributed by atoms with Crippen molar-refractivity contribution in [2.45, 2.75) is 31.3 Å². The Morgan fingerprint density at radius 3 is 1.50 bits per heavy atom. The number of ether oxygens (including phenoxy) is 6. The lowest BCUT2D eigenvalue weighted by molar-refractivity contribution is -0.145. The summed E-state index contributed by atoms with van der Waals surface area (Å²) >= 11 is 0. The maximum Gasteiger partial charge on any atom is 0.320 e. The summed E-state index contributed by atoms with van der Waals surface area (Å²) in [5.41, 5.74) is 1.58. The standard InChI is InChI=1S/C25H33NO8/c1-29-18-11-15(12-19(30-2)23(18)33-5)22(26-10-8-7-9-17(26)25(27)28)16-13-20(31-3)24(34-6)21(14-16)32-4/h11-14,17,22H,7-10H2,1-6H3,(H,27,28). The maximum atomic E-state index is 12.2. The molecule has 2 aromatic carbocycles. The third-order valence-corrected chi connectivity index (χ3v) is 6.17. The van der Waals surface area contributed by atoms with Crippen molar-refractivity contribution >= 4 is 5.97 Å². The van der Waals surface area contributed by atoms with Crippen molar-refractivity contribution in [2.24, 2.45) is 0 Å². The van der Waals surface area contributed by atoms with E-state index in [-0.39, 0.29) is 0 Å². The normalized spacial score (nSPS) is 16.1. The molecule has 186 valence electrons. The monoisotopic (exact) mass is 475 g/mol. The van der Waals surface area contributed by atoms with Gasteiger partial charge < -0.3 is 33.5 Å². The molecule has 1 N–H and O–H groups in total. The van der Waals surface area contributed by atoms with E-state index >= 15 is 0 Å². The van der Waals surface area contributed by atoms with Crippen molar-refractivity contribution in [1.82, 2.24) is 4.90 Å². The van der Waals surface area contributed by atoms with Crippen LogP contribution in [0.25, 0.3) is 0 Å². The average molecular weight is 476 g/mol. The highest BCUT2D eigenvalue weighted by Gasteiger charge is 2.37. The van der Waals surface area contributed by atoms with Gasteiger partial charge in [0.1, 0.15) is 6.04 Å². The van der Waals surface area contributed by atoms with E-state index in [1.165, 1.54) is 0 Å². The molecule has 1 unspecified atom stereocenters. The Hall–Kier alpha value is -3.33. The second-order valence-corrected chi connectivity index (χ2v) is 7.91. The van der Waals surface area contributed by atoms with Gasteiger partial charge in [-0.05, 0) is 54.8 Å². The van der Waals surface area contributed by atoms with E-state index in [0.29, 0.717) is 47.5 Å². The number of hydrogen-bond donors (Lipinski definition) is 1. The second kappa shape index (κ2) is 11.2. The first kappa shape index (κ1) is 25.3. The number of hydrogen-bond acceptors (Lipinski definition) is 8. The summed E-state index contributed by atoms with van der Waals surface area (Å²) < 4.78 is 33.3. The van der Waals surface area contributed by atoms with Gasteiger partial charge in [0.15, 0.2) is 23.0 Å². The number of likely N-dealkylation sites (tertiary alicyclic amines) is 1. The lowest BCUT2D eigenvalue weighted by atomic mass is 9.91. The van der Waals surface area contributed by atoms with Gasteiger partial charge in [0.2, 0.25) is 11.5 Å². The predicted octanol–water partition coefficient (Wildman–Crippen LogP) is 3.77. The third kappa shape index (κ3) is 4.79. The fraction of sp³-hybridized carbons (Fsp3) is 0.480. The number of piperidine rings is 1. The summed E-state index contributed by atoms with van der Waals surface area (Å²) in [6.07, 6.45) is 2.29. The molecule has 0 aliphatic carbocycles. The Kier molecular flexibility index (Phi) is 8.33. The van der Waals surface area contributed by atoms with Crippen molar-refractivity contribution in [3.05, 3.63) is 35.4 Å². The molecule has 2 aromatic rings. The SMILES string of the molecule is COc1cc(C(c2cc(OC)c(OC)c(OC)c2)N2CCCCC2C(=O)O)cc(OC)c1OC. The van der Waals surface area contributed by atoms with Gasteiger partial charge >= 0.3 is 5.97 Å². The molecule has 34 heavy (non-hydrogen) atoms. The first-order valence-corrected chi connectivity index (χ1v) is 11.0. The van der Waals surface area contributed by atoms with Crippen molar-refractivity contribution in [3.63, 3.8) is 0 Å². The summed E-state index contributed by atoms with van der Waals surface area (Å²) in [5, 5.41) is 10.0. The molecule has 9 nitrogen and oxygen atoms in total. The molecule has 1 heterocycles. The number of carbonyl (C=O) groups is 1. The van der Waals surface area contributed by atoms with Crippen molar-refractivity contribution in [2.75, 3.05) is 49.2 Å². The molecule has 0 saturated carbocycles. The zero-order chi connectivity index (χ0) is 24.8. The van der Waals surface area contributed by atoms with E-state index in [0.717, 1.165) is 24.0 Å². The number of aliphatic carboxylic acids is 1. The minimum absolute atomic E-state index is 0.455. The molecule has 0 spiro atoms. The molecule has 0 amide bonds. The smallest absolute Gasteiger partial charge is 0.320 e. The molecular weight excluding hydrogens is 442 g/mol. The Labute approximate surface area is 200 Å². The highest BCUT2D eigenvalue weighted by Crippen LogP contribution is 2.46. The lowest BCUT2D eigenvalue weighted by Gasteiger charge is -2.40. The first-order chi connectivity index (χ1) is 16.4. The van der Waals surface area contributed by atoms with Crippen LogP contribution in [0, 0.1) is 0 Å². The zero-order valence-electron chi connectivity index (χ0n) is 20.5. The Balaban J connectivity index is 2.30. The van der Waals surface area contributed by atoms with E-state index in [4.69, 9.17) is 28.4 Å². The van der Waals surface area contributed by atoms with Gasteiger partial charge in [0, 0.05) is 0 Å². The van der Waals surface area contributed by atoms with Crippen molar-refractivity contribution in [3.8, 4) is 34.5 Å². The van der Waals surface area contributed by atoms with Crippen LogP contribution in [0.4, 0.5) is 0 Å². The average Bonchev–Trinajstić information content (AvgIpc) is 2.87. The summed E-state index contributed by atoms with van der Waals surface area (Å²) in [7, 11) is 9.30. The number of benzene rings is 2. The fourth-order valence-corrected chi connectivity index (χ4v) is 4.62. The molecule has 0 bridgehead atoms. The fourth-order valence-electron chi connectivity index (χ4n) is 4.62. The number of methoxy groups -OCH3 is 6. The Morgan fingerprint density at radius 2 is 1.18 bits per heavy atom. The molecule has 1 fully saturated rings. The van der Waals surface area contributed by atoms with Crippen molar-refractivity contribution in [1.29, 1.82) is 0 Å². The number of carboxylic acids is 1. The Morgan fingerprint density at radius 1 is 0.765 bits per heavy atom. The van der Waals surface area contributed by atoms with Crippen LogP contribution in [-0.2, 0) is 4.79 Å². The summed E-state index contributed by atoms with van der Waals surface area (Å²) in [5.74, 6) is 2.01. The van der Waals surface area contributed by atoms with Crippen LogP contribution in [-0.4, -0.2) is 71.2 Å². The maximum absolute atomic E-state index is 12.2. The quantitative estimate of drug-likeness (QED) is 0.551. The van der Waals surface area contributed by atoms with E-state index < -0.39 is 18.1 Å². The molecule has 1 saturated heterocycles. The molecule has 3 rings (SSSR count). The third-order valence-electron chi connectivity index (χ3n) is 6.17. The van der Waals surface area contributed by atoms with E-state index in [1.807, 2.05) is 29.2 Å². The van der Waals surface area contributed by atoms with Gasteiger partial charge in [0.25, 0.3) is 0 Å². The first-order valence-electron chi connectivity index (χ1n) is 11.0. The van der Waals surface area contributed by atoms with Gasteiger partial charge in [-0.25, -0.2) is 0 Å². The number of nitrogens with zero attached hydrogens (tertiary/aromatic N) is 1. The van der Waals surface area contributed by atoms with Crippen LogP contribution in [0.2, 0.25) is 0 Å². The van der Waals surface area contributed by atoms with E-state index in [2.05, 4.69) is 0 Å². The highest BCUT2D eigenvalue weighted by molar-refractivity contribution is 5.74. The van der Waals surface area contributed by atoms with Crippen molar-refractivity contribution < 1.29 is 38.3 Å². The molecular formula is C25H33NO8. The topological polar surface area (TPSA) is 95.9 Å². The number of rotatable bonds is 10. The van der Waals surface area contributed by atoms with Gasteiger partial charge in [-0.2, -0.15) is 0 Å². The molecule has 0 radical (unpaired) electrons. The van der Waals surface area contributed by atoms with Crippen LogP contribution in [0.3, 0.4) is 0 Å². The van der Waals surface area contributed by atoms with Crippen LogP contribution < -0.4 is 28.4 Å². The highest BCUT2D eigenvalue weighted by atomic mass is 16.5. The predicted molar refractivity (Wildman–Crippen MR) is 126 cm³/mol. The molecule has 9 heteroatoms. The zero-order valence-corrected chi connectivity index (χ0v) is 20.5. The summed E-state index contributed by atoms with van der Waals surface area (Å²) in [6, 6.07) is 6.29. The summed E-state index contributed by atoms with van der Waals surface area (Å²) in [6.45, 7) is 0.606. The Bertz CT molecular complexity index is 895. The second-order valence-electron chi connectivity index (χ2n) is 7.91. The molecule has 1 aliphatic rings. The molecule has 1 aliphatic heterocycles. The van der Waals surface area contributed by atoms with Gasteiger partial charge in [-0.15, -0.1) is 0 Å². The lowest BCUT2D eigenvalue weighted by Crippen LogP contribution is -2.46. The van der Waals surface area contributed by atoms with Crippen LogP contribution in [0.1, 0.15) is 36.4 Å². The van der Waals surface area contributed by atoms with Crippen LogP contribution >= 0.6 is 0 Å². The largest absolute Gasteiger partial charge is 0.493 e. The van der Waals surface area contributed by atoms with Crippen LogP contribution in [0.5, 0.6) is 34.5 Å². The number of carboxylic acid groups (broad SMARTS) is 1.